The number of methoxy groups -OCH3 is 1. The van der Waals surface area contributed by atoms with Gasteiger partial charge in [0.15, 0.2) is 0 Å². The van der Waals surface area contributed by atoms with Crippen LogP contribution in [0, 0.1) is 6.92 Å². The molecule has 10 heavy (non-hydrogen) atoms. The van der Waals surface area contributed by atoms with Gasteiger partial charge in [0.2, 0.25) is 0 Å². The Balaban J connectivity index is 0.000000810. The maximum absolute atomic E-state index is 10.6. The third-order valence-electron chi connectivity index (χ3n) is 1.17. The summed E-state index contributed by atoms with van der Waals surface area (Å²) in [4.78, 5) is 0. The van der Waals surface area contributed by atoms with E-state index >= 15 is 0 Å². The van der Waals surface area contributed by atoms with Gasteiger partial charge in [-0.05, 0) is 6.92 Å². The summed E-state index contributed by atoms with van der Waals surface area (Å²) >= 11 is 0. The van der Waals surface area contributed by atoms with Crippen LogP contribution in [0.15, 0.2) is 10.7 Å². The summed E-state index contributed by atoms with van der Waals surface area (Å²) in [6.45, 7) is 1.66. The molecule has 0 saturated carbocycles. The summed E-state index contributed by atoms with van der Waals surface area (Å²) in [5, 5.41) is 10.6. The first-order chi connectivity index (χ1) is 4.25. The van der Waals surface area contributed by atoms with Gasteiger partial charge in [-0.25, -0.2) is 0 Å². The standard InChI is InChI=1S/C6H8O3.Li/c1-4-5(8-2)3-9-6(4)7;/h3,7H,1-2H3;/q;+1/p-1. The summed E-state index contributed by atoms with van der Waals surface area (Å²) in [5.41, 5.74) is 0.525. The summed E-state index contributed by atoms with van der Waals surface area (Å²) in [6.07, 6.45) is 1.30. The van der Waals surface area contributed by atoms with Crippen molar-refractivity contribution in [2.75, 3.05) is 7.11 Å². The quantitative estimate of drug-likeness (QED) is 0.405. The van der Waals surface area contributed by atoms with Crippen molar-refractivity contribution >= 4 is 0 Å². The van der Waals surface area contributed by atoms with Gasteiger partial charge in [0, 0.05) is 11.8 Å². The molecule has 0 aliphatic heterocycles. The Bertz CT molecular complexity index is 207. The fourth-order valence-electron chi connectivity index (χ4n) is 0.586. The smallest absolute Gasteiger partial charge is 0.583 e. The molecule has 0 aliphatic carbocycles. The number of furan rings is 1. The molecule has 50 valence electrons. The van der Waals surface area contributed by atoms with Crippen LogP contribution in [0.1, 0.15) is 5.56 Å². The Morgan fingerprint density at radius 3 is 2.40 bits per heavy atom. The Labute approximate surface area is 71.2 Å². The molecule has 0 atom stereocenters. The molecule has 1 rings (SSSR count). The molecule has 0 bridgehead atoms. The van der Waals surface area contributed by atoms with Crippen LogP contribution in [0.3, 0.4) is 0 Å². The van der Waals surface area contributed by atoms with Crippen LogP contribution in [0.4, 0.5) is 0 Å². The van der Waals surface area contributed by atoms with E-state index in [4.69, 9.17) is 4.74 Å². The molecule has 0 fully saturated rings. The van der Waals surface area contributed by atoms with Gasteiger partial charge in [0.05, 0.1) is 13.1 Å². The zero-order valence-corrected chi connectivity index (χ0v) is 6.30. The summed E-state index contributed by atoms with van der Waals surface area (Å²) in [6, 6.07) is 0. The van der Waals surface area contributed by atoms with Crippen molar-refractivity contribution in [3.8, 4) is 11.7 Å². The van der Waals surface area contributed by atoms with Crippen molar-refractivity contribution in [1.29, 1.82) is 0 Å². The van der Waals surface area contributed by atoms with Crippen molar-refractivity contribution in [3.63, 3.8) is 0 Å². The second-order valence-electron chi connectivity index (χ2n) is 1.72. The molecule has 0 unspecified atom stereocenters. The number of rotatable bonds is 1. The molecule has 1 aromatic rings. The van der Waals surface area contributed by atoms with Crippen LogP contribution in [0.5, 0.6) is 11.7 Å². The van der Waals surface area contributed by atoms with Gasteiger partial charge in [0.1, 0.15) is 5.75 Å². The average Bonchev–Trinajstić information content (AvgIpc) is 2.15. The second-order valence-corrected chi connectivity index (χ2v) is 1.72. The van der Waals surface area contributed by atoms with Crippen LogP contribution in [0.2, 0.25) is 0 Å². The van der Waals surface area contributed by atoms with Gasteiger partial charge in [-0.2, -0.15) is 0 Å². The van der Waals surface area contributed by atoms with Gasteiger partial charge in [-0.1, -0.05) is 0 Å². The maximum atomic E-state index is 10.6. The normalized spacial score (nSPS) is 8.60. The Morgan fingerprint density at radius 2 is 2.20 bits per heavy atom. The monoisotopic (exact) mass is 134 g/mol. The number of ether oxygens (including phenoxy) is 1. The van der Waals surface area contributed by atoms with E-state index in [1.165, 1.54) is 13.4 Å². The molecular weight excluding hydrogens is 127 g/mol. The number of hydrogen-bond acceptors (Lipinski definition) is 3. The molecule has 0 radical (unpaired) electrons. The van der Waals surface area contributed by atoms with Gasteiger partial charge in [-0.3, -0.25) is 0 Å². The SMILES string of the molecule is COc1coc([O-])c1C.[Li+]. The van der Waals surface area contributed by atoms with Crippen LogP contribution in [-0.2, 0) is 0 Å². The number of hydrogen-bond donors (Lipinski definition) is 0. The average molecular weight is 134 g/mol. The molecule has 0 saturated heterocycles. The van der Waals surface area contributed by atoms with E-state index in [0.717, 1.165) is 0 Å². The van der Waals surface area contributed by atoms with E-state index in [9.17, 15) is 5.11 Å². The Morgan fingerprint density at radius 1 is 1.60 bits per heavy atom. The zero-order valence-electron chi connectivity index (χ0n) is 6.30. The minimum Gasteiger partial charge on any atom is -0.583 e. The van der Waals surface area contributed by atoms with Crippen molar-refractivity contribution in [2.45, 2.75) is 6.92 Å². The van der Waals surface area contributed by atoms with Gasteiger partial charge in [0.25, 0.3) is 0 Å². The van der Waals surface area contributed by atoms with E-state index in [2.05, 4.69) is 4.42 Å². The van der Waals surface area contributed by atoms with Gasteiger partial charge >= 0.3 is 18.9 Å². The van der Waals surface area contributed by atoms with E-state index < -0.39 is 0 Å². The predicted octanol–water partition coefficient (Wildman–Crippen LogP) is -2.33. The topological polar surface area (TPSA) is 45.4 Å². The molecule has 0 aliphatic rings. The molecule has 3 nitrogen and oxygen atoms in total. The minimum absolute atomic E-state index is 0. The summed E-state index contributed by atoms with van der Waals surface area (Å²) < 4.78 is 9.28. The van der Waals surface area contributed by atoms with Crippen molar-refractivity contribution in [1.82, 2.24) is 0 Å². The Hall–Kier alpha value is -0.523. The molecule has 1 heterocycles. The first-order valence-electron chi connectivity index (χ1n) is 2.54. The molecule has 4 heteroatoms. The maximum Gasteiger partial charge on any atom is 1.00 e. The largest absolute Gasteiger partial charge is 1.00 e. The van der Waals surface area contributed by atoms with Crippen LogP contribution < -0.4 is 28.7 Å². The third-order valence-corrected chi connectivity index (χ3v) is 1.17. The molecule has 0 amide bonds. The van der Waals surface area contributed by atoms with E-state index in [0.29, 0.717) is 11.3 Å². The van der Waals surface area contributed by atoms with Crippen LogP contribution >= 0.6 is 0 Å². The predicted molar refractivity (Wildman–Crippen MR) is 29.4 cm³/mol. The van der Waals surface area contributed by atoms with Crippen molar-refractivity contribution in [3.05, 3.63) is 11.8 Å². The fraction of sp³-hybridized carbons (Fsp3) is 0.333. The van der Waals surface area contributed by atoms with Crippen LogP contribution in [-0.4, -0.2) is 7.11 Å². The molecule has 0 spiro atoms. The van der Waals surface area contributed by atoms with Crippen molar-refractivity contribution in [2.24, 2.45) is 0 Å². The fourth-order valence-corrected chi connectivity index (χ4v) is 0.586. The summed E-state index contributed by atoms with van der Waals surface area (Å²) in [7, 11) is 1.50. The third kappa shape index (κ3) is 1.50. The molecule has 0 aromatic carbocycles. The van der Waals surface area contributed by atoms with E-state index in [-0.39, 0.29) is 24.8 Å². The van der Waals surface area contributed by atoms with Crippen LogP contribution in [0.25, 0.3) is 0 Å². The zero-order chi connectivity index (χ0) is 6.85. The molecule has 0 N–H and O–H groups in total. The molecule has 1 aromatic heterocycles. The van der Waals surface area contributed by atoms with E-state index in [1.54, 1.807) is 6.92 Å². The van der Waals surface area contributed by atoms with Gasteiger partial charge in [-0.15, -0.1) is 0 Å². The van der Waals surface area contributed by atoms with E-state index in [1.807, 2.05) is 0 Å². The first kappa shape index (κ1) is 9.48. The second kappa shape index (κ2) is 3.60. The minimum atomic E-state index is -0.327. The first-order valence-corrected chi connectivity index (χ1v) is 2.54. The van der Waals surface area contributed by atoms with Gasteiger partial charge < -0.3 is 14.3 Å². The summed E-state index contributed by atoms with van der Waals surface area (Å²) in [5.74, 6) is 0.187. The Kier molecular flexibility index (Phi) is 3.41. The van der Waals surface area contributed by atoms with Crippen molar-refractivity contribution < 1.29 is 33.1 Å². The molecular formula is C6H7LiO3.